The van der Waals surface area contributed by atoms with Crippen LogP contribution in [-0.4, -0.2) is 35.7 Å². The molecule has 4 bridgehead atoms. The number of methoxy groups -OCH3 is 1. The molecule has 0 amide bonds. The summed E-state index contributed by atoms with van der Waals surface area (Å²) < 4.78 is 5.60. The van der Waals surface area contributed by atoms with Crippen LogP contribution in [0, 0.1) is 29.6 Å². The average Bonchev–Trinajstić information content (AvgIpc) is 3.28. The Balaban J connectivity index is 1.51. The lowest BCUT2D eigenvalue weighted by atomic mass is 9.45. The van der Waals surface area contributed by atoms with Gasteiger partial charge in [0.15, 0.2) is 0 Å². The van der Waals surface area contributed by atoms with Gasteiger partial charge >= 0.3 is 0 Å². The minimum Gasteiger partial charge on any atom is -0.497 e. The van der Waals surface area contributed by atoms with Gasteiger partial charge in [-0.15, -0.1) is 0 Å². The number of hydrogen-bond acceptors (Lipinski definition) is 3. The second-order valence-electron chi connectivity index (χ2n) is 10.7. The van der Waals surface area contributed by atoms with Crippen molar-refractivity contribution in [1.29, 1.82) is 0 Å². The van der Waals surface area contributed by atoms with Gasteiger partial charge in [0.05, 0.1) is 12.6 Å². The van der Waals surface area contributed by atoms with E-state index in [1.165, 1.54) is 58.0 Å². The van der Waals surface area contributed by atoms with Gasteiger partial charge in [-0.1, -0.05) is 12.1 Å². The van der Waals surface area contributed by atoms with Crippen LogP contribution >= 0.6 is 0 Å². The number of rotatable bonds is 4. The molecule has 1 N–H and O–H groups in total. The largest absolute Gasteiger partial charge is 0.497 e. The zero-order chi connectivity index (χ0) is 18.9. The standard InChI is InChI=1S/C25H35NO2/c1-28-22-6-2-5-21(16-22)25(27,24-7-3-9-26(24)10-4-8-24)23-19-12-17-11-18(14-19)15-20(23)13-17/h2,5-6,16-20,23,27H,3-4,7-15H2,1H3. The van der Waals surface area contributed by atoms with E-state index in [-0.39, 0.29) is 5.54 Å². The van der Waals surface area contributed by atoms with Gasteiger partial charge in [0.25, 0.3) is 0 Å². The van der Waals surface area contributed by atoms with Gasteiger partial charge < -0.3 is 9.84 Å². The van der Waals surface area contributed by atoms with Crippen LogP contribution in [0.2, 0.25) is 0 Å². The first-order chi connectivity index (χ1) is 13.6. The van der Waals surface area contributed by atoms with E-state index in [0.717, 1.165) is 36.0 Å². The van der Waals surface area contributed by atoms with Crippen LogP contribution in [0.1, 0.15) is 63.4 Å². The molecule has 4 aliphatic carbocycles. The Morgan fingerprint density at radius 2 is 1.64 bits per heavy atom. The lowest BCUT2D eigenvalue weighted by molar-refractivity contribution is -0.201. The first-order valence-corrected chi connectivity index (χ1v) is 11.8. The molecular formula is C25H35NO2. The molecule has 1 atom stereocenters. The molecule has 1 unspecified atom stereocenters. The molecule has 1 aromatic carbocycles. The monoisotopic (exact) mass is 381 g/mol. The van der Waals surface area contributed by atoms with Crippen LogP contribution in [0.4, 0.5) is 0 Å². The first kappa shape index (κ1) is 17.8. The molecule has 6 fully saturated rings. The maximum Gasteiger partial charge on any atom is 0.119 e. The third-order valence-corrected chi connectivity index (χ3v) is 9.57. The molecule has 2 saturated heterocycles. The summed E-state index contributed by atoms with van der Waals surface area (Å²) in [6, 6.07) is 8.49. The molecule has 1 aromatic rings. The topological polar surface area (TPSA) is 32.7 Å². The summed E-state index contributed by atoms with van der Waals surface area (Å²) in [5.74, 6) is 4.61. The van der Waals surface area contributed by atoms with Crippen molar-refractivity contribution in [1.82, 2.24) is 4.90 Å². The number of fused-ring (bicyclic) bond motifs is 1. The van der Waals surface area contributed by atoms with Gasteiger partial charge in [-0.25, -0.2) is 0 Å². The van der Waals surface area contributed by atoms with Gasteiger partial charge in [-0.05, 0) is 118 Å². The second-order valence-corrected chi connectivity index (χ2v) is 10.7. The lowest BCUT2D eigenvalue weighted by Crippen LogP contribution is -2.65. The molecule has 2 heterocycles. The Hall–Kier alpha value is -1.06. The van der Waals surface area contributed by atoms with Crippen LogP contribution < -0.4 is 4.74 Å². The van der Waals surface area contributed by atoms with Gasteiger partial charge in [-0.2, -0.15) is 0 Å². The van der Waals surface area contributed by atoms with Crippen LogP contribution in [0.3, 0.4) is 0 Å². The van der Waals surface area contributed by atoms with Crippen molar-refractivity contribution in [3.63, 3.8) is 0 Å². The highest BCUT2D eigenvalue weighted by Crippen LogP contribution is 2.65. The van der Waals surface area contributed by atoms with Crippen molar-refractivity contribution in [3.05, 3.63) is 29.8 Å². The van der Waals surface area contributed by atoms with E-state index in [0.29, 0.717) is 17.8 Å². The van der Waals surface area contributed by atoms with Crippen LogP contribution in [0.15, 0.2) is 24.3 Å². The van der Waals surface area contributed by atoms with Gasteiger partial charge in [0, 0.05) is 0 Å². The number of nitrogens with zero attached hydrogens (tertiary/aromatic N) is 1. The van der Waals surface area contributed by atoms with Crippen molar-refractivity contribution < 1.29 is 9.84 Å². The second kappa shape index (κ2) is 6.22. The Bertz CT molecular complexity index is 723. The van der Waals surface area contributed by atoms with E-state index in [4.69, 9.17) is 4.74 Å². The fourth-order valence-corrected chi connectivity index (χ4v) is 8.97. The van der Waals surface area contributed by atoms with Crippen molar-refractivity contribution in [2.75, 3.05) is 20.2 Å². The number of ether oxygens (including phenoxy) is 1. The minimum atomic E-state index is -0.739. The maximum absolute atomic E-state index is 13.0. The van der Waals surface area contributed by atoms with Gasteiger partial charge in [0.2, 0.25) is 0 Å². The molecule has 3 heteroatoms. The van der Waals surface area contributed by atoms with Crippen molar-refractivity contribution in [2.24, 2.45) is 29.6 Å². The molecular weight excluding hydrogens is 346 g/mol. The van der Waals surface area contributed by atoms with Gasteiger partial charge in [0.1, 0.15) is 11.4 Å². The SMILES string of the molecule is COc1cccc(C(O)(C2C3CC4CC(C3)CC2C4)C23CCCN2CCC3)c1. The number of benzene rings is 1. The Morgan fingerprint density at radius 3 is 2.25 bits per heavy atom. The normalized spacial score (nSPS) is 40.4. The van der Waals surface area contributed by atoms with Crippen LogP contribution in [-0.2, 0) is 5.60 Å². The molecule has 0 radical (unpaired) electrons. The summed E-state index contributed by atoms with van der Waals surface area (Å²) in [6.45, 7) is 2.33. The van der Waals surface area contributed by atoms with Crippen LogP contribution in [0.5, 0.6) is 5.75 Å². The Kier molecular flexibility index (Phi) is 3.95. The smallest absolute Gasteiger partial charge is 0.119 e. The lowest BCUT2D eigenvalue weighted by Gasteiger charge is -2.62. The highest BCUT2D eigenvalue weighted by Gasteiger charge is 2.66. The Morgan fingerprint density at radius 1 is 1.00 bits per heavy atom. The fraction of sp³-hybridized carbons (Fsp3) is 0.760. The van der Waals surface area contributed by atoms with E-state index in [1.807, 2.05) is 6.07 Å². The zero-order valence-electron chi connectivity index (χ0n) is 17.3. The van der Waals surface area contributed by atoms with Crippen molar-refractivity contribution in [3.8, 4) is 5.75 Å². The molecule has 152 valence electrons. The highest BCUT2D eigenvalue weighted by atomic mass is 16.5. The summed E-state index contributed by atoms with van der Waals surface area (Å²) in [6.07, 6.45) is 11.7. The van der Waals surface area contributed by atoms with Gasteiger partial charge in [-0.3, -0.25) is 4.90 Å². The molecule has 28 heavy (non-hydrogen) atoms. The molecule has 4 saturated carbocycles. The van der Waals surface area contributed by atoms with Crippen molar-refractivity contribution in [2.45, 2.75) is 68.9 Å². The summed E-state index contributed by atoms with van der Waals surface area (Å²) in [7, 11) is 1.75. The zero-order valence-corrected chi connectivity index (χ0v) is 17.3. The van der Waals surface area contributed by atoms with Crippen LogP contribution in [0.25, 0.3) is 0 Å². The summed E-state index contributed by atoms with van der Waals surface area (Å²) in [4.78, 5) is 2.68. The van der Waals surface area contributed by atoms with E-state index in [1.54, 1.807) is 7.11 Å². The van der Waals surface area contributed by atoms with E-state index < -0.39 is 5.60 Å². The highest BCUT2D eigenvalue weighted by molar-refractivity contribution is 5.38. The maximum atomic E-state index is 13.0. The summed E-state index contributed by atoms with van der Waals surface area (Å²) in [5.41, 5.74) is 0.342. The summed E-state index contributed by atoms with van der Waals surface area (Å²) >= 11 is 0. The third kappa shape index (κ3) is 2.24. The van der Waals surface area contributed by atoms with E-state index in [2.05, 4.69) is 23.1 Å². The predicted octanol–water partition coefficient (Wildman–Crippen LogP) is 4.58. The quantitative estimate of drug-likeness (QED) is 0.828. The summed E-state index contributed by atoms with van der Waals surface area (Å²) in [5, 5.41) is 13.0. The fourth-order valence-electron chi connectivity index (χ4n) is 8.97. The number of aliphatic hydroxyl groups is 1. The predicted molar refractivity (Wildman–Crippen MR) is 110 cm³/mol. The Labute approximate surface area is 169 Å². The first-order valence-electron chi connectivity index (χ1n) is 11.8. The molecule has 6 aliphatic rings. The molecule has 7 rings (SSSR count). The third-order valence-electron chi connectivity index (χ3n) is 9.57. The molecule has 3 nitrogen and oxygen atoms in total. The molecule has 0 aromatic heterocycles. The molecule has 2 aliphatic heterocycles. The number of hydrogen-bond donors (Lipinski definition) is 1. The molecule has 0 spiro atoms. The van der Waals surface area contributed by atoms with E-state index >= 15 is 0 Å². The average molecular weight is 382 g/mol. The van der Waals surface area contributed by atoms with Crippen molar-refractivity contribution >= 4 is 0 Å². The minimum absolute atomic E-state index is 0.0561. The van der Waals surface area contributed by atoms with E-state index in [9.17, 15) is 5.11 Å².